The molecule has 0 spiro atoms. The van der Waals surface area contributed by atoms with E-state index in [1.165, 1.54) is 0 Å². The fraction of sp³-hybridized carbons (Fsp3) is 0.846. The maximum atomic E-state index is 11.3. The van der Waals surface area contributed by atoms with Crippen LogP contribution >= 0.6 is 0 Å². The van der Waals surface area contributed by atoms with Crippen LogP contribution in [-0.2, 0) is 19.1 Å². The van der Waals surface area contributed by atoms with Crippen LogP contribution in [0, 0.1) is 0 Å². The van der Waals surface area contributed by atoms with Crippen LogP contribution in [0.15, 0.2) is 0 Å². The van der Waals surface area contributed by atoms with Crippen molar-refractivity contribution in [2.45, 2.75) is 32.0 Å². The Labute approximate surface area is 131 Å². The highest BCUT2D eigenvalue weighted by Gasteiger charge is 2.14. The van der Waals surface area contributed by atoms with E-state index in [9.17, 15) is 9.59 Å². The van der Waals surface area contributed by atoms with E-state index < -0.39 is 11.8 Å². The van der Waals surface area contributed by atoms with Gasteiger partial charge in [-0.05, 0) is 26.4 Å². The number of hydrogen-bond acceptors (Lipinski definition) is 9. The van der Waals surface area contributed by atoms with Gasteiger partial charge in [0.1, 0.15) is 6.61 Å². The van der Waals surface area contributed by atoms with Crippen LogP contribution in [0.1, 0.15) is 26.2 Å². The number of hydrogen-bond donors (Lipinski definition) is 5. The Balaban J connectivity index is 3.30. The molecule has 0 aliphatic carbocycles. The second-order valence-electron chi connectivity index (χ2n) is 4.93. The van der Waals surface area contributed by atoms with E-state index >= 15 is 0 Å². The number of esters is 2. The van der Waals surface area contributed by atoms with E-state index in [1.807, 2.05) is 0 Å². The Bertz CT molecular complexity index is 320. The van der Waals surface area contributed by atoms with Gasteiger partial charge in [-0.25, -0.2) is 0 Å². The van der Waals surface area contributed by atoms with Gasteiger partial charge >= 0.3 is 11.9 Å². The molecule has 0 aliphatic rings. The van der Waals surface area contributed by atoms with Crippen molar-refractivity contribution in [3.63, 3.8) is 0 Å². The molecule has 0 heterocycles. The van der Waals surface area contributed by atoms with Crippen molar-refractivity contribution >= 4 is 11.9 Å². The minimum Gasteiger partial charge on any atom is -0.466 e. The highest BCUT2D eigenvalue weighted by Crippen LogP contribution is 1.89. The fourth-order valence-electron chi connectivity index (χ4n) is 1.48. The van der Waals surface area contributed by atoms with E-state index in [-0.39, 0.29) is 19.0 Å². The summed E-state index contributed by atoms with van der Waals surface area (Å²) < 4.78 is 9.60. The minimum absolute atomic E-state index is 0.192. The molecule has 22 heavy (non-hydrogen) atoms. The van der Waals surface area contributed by atoms with E-state index in [2.05, 4.69) is 10.6 Å². The van der Waals surface area contributed by atoms with Gasteiger partial charge < -0.3 is 20.1 Å². The minimum atomic E-state index is -1.49. The SMILES string of the molecule is CCOC(=O)CCNCCCNCCC(=O)OCC(N)(N)N. The first-order chi connectivity index (χ1) is 10.3. The zero-order chi connectivity index (χ0) is 16.8. The molecule has 0 saturated heterocycles. The van der Waals surface area contributed by atoms with Gasteiger partial charge in [-0.1, -0.05) is 0 Å². The lowest BCUT2D eigenvalue weighted by Gasteiger charge is -2.17. The molecule has 0 rings (SSSR count). The van der Waals surface area contributed by atoms with Crippen LogP contribution in [0.2, 0.25) is 0 Å². The quantitative estimate of drug-likeness (QED) is 0.147. The van der Waals surface area contributed by atoms with Crippen molar-refractivity contribution in [1.82, 2.24) is 10.6 Å². The van der Waals surface area contributed by atoms with Gasteiger partial charge in [0, 0.05) is 13.1 Å². The molecular weight excluding hydrogens is 290 g/mol. The number of rotatable bonds is 13. The number of ether oxygens (including phenoxy) is 2. The van der Waals surface area contributed by atoms with Gasteiger partial charge in [0.15, 0.2) is 5.79 Å². The maximum Gasteiger partial charge on any atom is 0.307 e. The highest BCUT2D eigenvalue weighted by atomic mass is 16.5. The Morgan fingerprint density at radius 3 is 1.86 bits per heavy atom. The molecule has 0 aliphatic heterocycles. The maximum absolute atomic E-state index is 11.3. The average molecular weight is 319 g/mol. The second kappa shape index (κ2) is 12.3. The Hall–Kier alpha value is -1.26. The number of nitrogens with two attached hydrogens (primary N) is 3. The molecular formula is C13H29N5O4. The van der Waals surface area contributed by atoms with E-state index in [4.69, 9.17) is 26.7 Å². The Morgan fingerprint density at radius 1 is 0.909 bits per heavy atom. The molecule has 9 heteroatoms. The molecule has 0 aromatic carbocycles. The topological polar surface area (TPSA) is 155 Å². The van der Waals surface area contributed by atoms with E-state index in [0.29, 0.717) is 26.1 Å². The summed E-state index contributed by atoms with van der Waals surface area (Å²) in [6.45, 7) is 4.63. The summed E-state index contributed by atoms with van der Waals surface area (Å²) in [5.41, 5.74) is 15.8. The van der Waals surface area contributed by atoms with Gasteiger partial charge in [0.25, 0.3) is 0 Å². The predicted molar refractivity (Wildman–Crippen MR) is 82.5 cm³/mol. The van der Waals surface area contributed by atoms with Crippen molar-refractivity contribution in [3.8, 4) is 0 Å². The summed E-state index contributed by atoms with van der Waals surface area (Å²) in [6.07, 6.45) is 1.49. The fourth-order valence-corrected chi connectivity index (χ4v) is 1.48. The van der Waals surface area contributed by atoms with E-state index in [1.54, 1.807) is 6.92 Å². The predicted octanol–water partition coefficient (Wildman–Crippen LogP) is -2.03. The van der Waals surface area contributed by atoms with E-state index in [0.717, 1.165) is 19.5 Å². The van der Waals surface area contributed by atoms with Gasteiger partial charge in [0.2, 0.25) is 0 Å². The average Bonchev–Trinajstić information content (AvgIpc) is 2.43. The van der Waals surface area contributed by atoms with Crippen LogP contribution in [0.25, 0.3) is 0 Å². The zero-order valence-corrected chi connectivity index (χ0v) is 13.2. The summed E-state index contributed by atoms with van der Waals surface area (Å²) in [7, 11) is 0. The van der Waals surface area contributed by atoms with Crippen LogP contribution in [0.4, 0.5) is 0 Å². The molecule has 0 fully saturated rings. The summed E-state index contributed by atoms with van der Waals surface area (Å²) in [6, 6.07) is 0. The third kappa shape index (κ3) is 15.1. The van der Waals surface area contributed by atoms with Crippen molar-refractivity contribution in [2.75, 3.05) is 39.4 Å². The van der Waals surface area contributed by atoms with Crippen molar-refractivity contribution in [2.24, 2.45) is 17.2 Å². The van der Waals surface area contributed by atoms with Gasteiger partial charge in [-0.15, -0.1) is 0 Å². The third-order valence-electron chi connectivity index (χ3n) is 2.51. The molecule has 8 N–H and O–H groups in total. The number of carbonyl (C=O) groups is 2. The summed E-state index contributed by atoms with van der Waals surface area (Å²) in [5.74, 6) is -2.08. The van der Waals surface area contributed by atoms with Crippen LogP contribution in [0.3, 0.4) is 0 Å². The Morgan fingerprint density at radius 2 is 1.41 bits per heavy atom. The first-order valence-corrected chi connectivity index (χ1v) is 7.44. The van der Waals surface area contributed by atoms with Crippen molar-refractivity contribution < 1.29 is 19.1 Å². The standard InChI is InChI=1S/C13H29N5O4/c1-2-21-11(19)4-8-17-6-3-7-18-9-5-12(20)22-10-13(14,15)16/h17-18H,2-10,14-16H2,1H3. The largest absolute Gasteiger partial charge is 0.466 e. The van der Waals surface area contributed by atoms with Gasteiger partial charge in [-0.2, -0.15) is 0 Å². The summed E-state index contributed by atoms with van der Waals surface area (Å²) >= 11 is 0. The first-order valence-electron chi connectivity index (χ1n) is 7.44. The summed E-state index contributed by atoms with van der Waals surface area (Å²) in [4.78, 5) is 22.4. The third-order valence-corrected chi connectivity index (χ3v) is 2.51. The zero-order valence-electron chi connectivity index (χ0n) is 13.2. The van der Waals surface area contributed by atoms with Crippen molar-refractivity contribution in [3.05, 3.63) is 0 Å². The molecule has 0 aromatic heterocycles. The van der Waals surface area contributed by atoms with Crippen LogP contribution in [0.5, 0.6) is 0 Å². The normalized spacial score (nSPS) is 11.3. The molecule has 0 amide bonds. The molecule has 0 radical (unpaired) electrons. The molecule has 9 nitrogen and oxygen atoms in total. The number of nitrogens with one attached hydrogen (secondary N) is 2. The molecule has 130 valence electrons. The molecule has 0 unspecified atom stereocenters. The highest BCUT2D eigenvalue weighted by molar-refractivity contribution is 5.69. The molecule has 0 atom stereocenters. The van der Waals surface area contributed by atoms with Crippen LogP contribution in [-0.4, -0.2) is 57.1 Å². The molecule has 0 saturated carbocycles. The lowest BCUT2D eigenvalue weighted by Crippen LogP contribution is -2.61. The smallest absolute Gasteiger partial charge is 0.307 e. The monoisotopic (exact) mass is 319 g/mol. The molecule has 0 aromatic rings. The lowest BCUT2D eigenvalue weighted by atomic mass is 10.3. The second-order valence-corrected chi connectivity index (χ2v) is 4.93. The lowest BCUT2D eigenvalue weighted by molar-refractivity contribution is -0.145. The van der Waals surface area contributed by atoms with Crippen LogP contribution < -0.4 is 27.8 Å². The van der Waals surface area contributed by atoms with Gasteiger partial charge in [-0.3, -0.25) is 26.8 Å². The summed E-state index contributed by atoms with van der Waals surface area (Å²) in [5, 5.41) is 6.24. The van der Waals surface area contributed by atoms with Crippen molar-refractivity contribution in [1.29, 1.82) is 0 Å². The van der Waals surface area contributed by atoms with Gasteiger partial charge in [0.05, 0.1) is 19.4 Å². The Kier molecular flexibility index (Phi) is 11.6. The number of carbonyl (C=O) groups excluding carboxylic acids is 2. The molecule has 0 bridgehead atoms. The first kappa shape index (κ1) is 20.7.